The van der Waals surface area contributed by atoms with Crippen molar-refractivity contribution in [2.45, 2.75) is 24.8 Å². The Morgan fingerprint density at radius 2 is 2.24 bits per heavy atom. The molecule has 1 amide bonds. The predicted molar refractivity (Wildman–Crippen MR) is 77.2 cm³/mol. The van der Waals surface area contributed by atoms with Crippen molar-refractivity contribution in [3.05, 3.63) is 39.9 Å². The van der Waals surface area contributed by atoms with Crippen LogP contribution >= 0.6 is 11.8 Å². The minimum absolute atomic E-state index is 0.136. The first-order valence-electron chi connectivity index (χ1n) is 6.37. The number of carboxylic acids is 1. The molecule has 8 heteroatoms. The molecule has 0 radical (unpaired) electrons. The molecule has 1 heterocycles. The van der Waals surface area contributed by atoms with Crippen molar-refractivity contribution in [3.63, 3.8) is 0 Å². The van der Waals surface area contributed by atoms with Crippen molar-refractivity contribution >= 4 is 29.3 Å². The minimum Gasteiger partial charge on any atom is -0.480 e. The van der Waals surface area contributed by atoms with Gasteiger partial charge in [-0.25, -0.2) is 4.79 Å². The summed E-state index contributed by atoms with van der Waals surface area (Å²) in [6.07, 6.45) is 0.620. The van der Waals surface area contributed by atoms with Crippen LogP contribution < -0.4 is 0 Å². The van der Waals surface area contributed by atoms with Crippen LogP contribution in [0.3, 0.4) is 0 Å². The summed E-state index contributed by atoms with van der Waals surface area (Å²) < 4.78 is 0. The number of nitro groups is 1. The average molecular weight is 310 g/mol. The van der Waals surface area contributed by atoms with Gasteiger partial charge in [-0.3, -0.25) is 14.9 Å². The first kappa shape index (κ1) is 15.3. The number of aliphatic carboxylic acids is 1. The van der Waals surface area contributed by atoms with Crippen LogP contribution in [-0.4, -0.2) is 44.0 Å². The van der Waals surface area contributed by atoms with Crippen LogP contribution in [0, 0.1) is 10.1 Å². The Morgan fingerprint density at radius 1 is 1.52 bits per heavy atom. The number of carboxylic acid groups (broad SMARTS) is 1. The molecule has 7 nitrogen and oxygen atoms in total. The fourth-order valence-electron chi connectivity index (χ4n) is 2.24. The molecular weight excluding hydrogens is 296 g/mol. The molecule has 112 valence electrons. The topological polar surface area (TPSA) is 101 Å². The van der Waals surface area contributed by atoms with Crippen LogP contribution in [0.4, 0.5) is 5.69 Å². The van der Waals surface area contributed by atoms with Crippen molar-refractivity contribution in [2.24, 2.45) is 0 Å². The van der Waals surface area contributed by atoms with Gasteiger partial charge in [-0.05, 0) is 12.5 Å². The number of thioether (sulfide) groups is 1. The lowest BCUT2D eigenvalue weighted by molar-refractivity contribution is -0.384. The van der Waals surface area contributed by atoms with Crippen LogP contribution in [0.25, 0.3) is 0 Å². The molecule has 0 bridgehead atoms. The average Bonchev–Trinajstić information content (AvgIpc) is 2.90. The highest BCUT2D eigenvalue weighted by Gasteiger charge is 2.41. The van der Waals surface area contributed by atoms with E-state index in [-0.39, 0.29) is 16.6 Å². The summed E-state index contributed by atoms with van der Waals surface area (Å²) in [4.78, 5) is 35.3. The Morgan fingerprint density at radius 3 is 2.81 bits per heavy atom. The van der Waals surface area contributed by atoms with E-state index in [4.69, 9.17) is 0 Å². The number of nitrogens with zero attached hydrogens (tertiary/aromatic N) is 2. The monoisotopic (exact) mass is 310 g/mol. The van der Waals surface area contributed by atoms with Crippen LogP contribution in [0.1, 0.15) is 23.7 Å². The van der Waals surface area contributed by atoms with E-state index in [1.807, 2.05) is 6.92 Å². The molecule has 1 aromatic carbocycles. The Hall–Kier alpha value is -2.09. The van der Waals surface area contributed by atoms with Crippen LogP contribution in [0.15, 0.2) is 24.3 Å². The Kier molecular flexibility index (Phi) is 4.46. The first-order chi connectivity index (χ1) is 9.95. The van der Waals surface area contributed by atoms with E-state index in [2.05, 4.69) is 0 Å². The van der Waals surface area contributed by atoms with Crippen molar-refractivity contribution in [1.29, 1.82) is 0 Å². The molecule has 21 heavy (non-hydrogen) atoms. The van der Waals surface area contributed by atoms with E-state index in [0.29, 0.717) is 12.2 Å². The summed E-state index contributed by atoms with van der Waals surface area (Å²) in [7, 11) is 0. The third kappa shape index (κ3) is 2.99. The third-order valence-corrected chi connectivity index (χ3v) is 4.72. The van der Waals surface area contributed by atoms with E-state index in [1.165, 1.54) is 40.9 Å². The highest BCUT2D eigenvalue weighted by molar-refractivity contribution is 8.00. The van der Waals surface area contributed by atoms with Gasteiger partial charge in [0.25, 0.3) is 11.6 Å². The number of nitro benzene ring substituents is 1. The number of carbonyl (C=O) groups excluding carboxylic acids is 1. The summed E-state index contributed by atoms with van der Waals surface area (Å²) in [5.41, 5.74) is -0.0518. The maximum Gasteiger partial charge on any atom is 0.327 e. The van der Waals surface area contributed by atoms with Crippen molar-refractivity contribution in [3.8, 4) is 0 Å². The maximum absolute atomic E-state index is 12.5. The van der Waals surface area contributed by atoms with Crippen LogP contribution in [0.5, 0.6) is 0 Å². The Balaban J connectivity index is 2.34. The normalized spacial score (nSPS) is 21.3. The molecule has 1 fully saturated rings. The lowest BCUT2D eigenvalue weighted by Gasteiger charge is -2.26. The summed E-state index contributed by atoms with van der Waals surface area (Å²) in [6, 6.07) is 4.46. The maximum atomic E-state index is 12.5. The molecule has 1 saturated heterocycles. The number of rotatable bonds is 4. The van der Waals surface area contributed by atoms with Crippen LogP contribution in [0.2, 0.25) is 0 Å². The number of hydrogen-bond donors (Lipinski definition) is 1. The van der Waals surface area contributed by atoms with Gasteiger partial charge in [-0.1, -0.05) is 13.0 Å². The first-order valence-corrected chi connectivity index (χ1v) is 7.42. The zero-order valence-electron chi connectivity index (χ0n) is 11.3. The minimum atomic E-state index is -1.06. The van der Waals surface area contributed by atoms with Gasteiger partial charge in [0, 0.05) is 23.4 Å². The predicted octanol–water partition coefficient (Wildman–Crippen LogP) is 1.97. The second-order valence-corrected chi connectivity index (χ2v) is 5.78. The summed E-state index contributed by atoms with van der Waals surface area (Å²) >= 11 is 1.41. The molecule has 1 aliphatic heterocycles. The zero-order valence-corrected chi connectivity index (χ0v) is 12.1. The number of amides is 1. The quantitative estimate of drug-likeness (QED) is 0.674. The van der Waals surface area contributed by atoms with Gasteiger partial charge in [-0.2, -0.15) is 0 Å². The second kappa shape index (κ2) is 6.13. The van der Waals surface area contributed by atoms with Crippen LogP contribution in [-0.2, 0) is 4.79 Å². The van der Waals surface area contributed by atoms with E-state index in [0.717, 1.165) is 0 Å². The van der Waals surface area contributed by atoms with Gasteiger partial charge < -0.3 is 10.0 Å². The molecule has 2 rings (SSSR count). The summed E-state index contributed by atoms with van der Waals surface area (Å²) in [6.45, 7) is 1.87. The van der Waals surface area contributed by atoms with E-state index >= 15 is 0 Å². The van der Waals surface area contributed by atoms with Gasteiger partial charge in [0.15, 0.2) is 0 Å². The number of hydrogen-bond acceptors (Lipinski definition) is 5. The molecule has 2 unspecified atom stereocenters. The molecule has 1 aliphatic rings. The molecule has 2 atom stereocenters. The third-order valence-electron chi connectivity index (χ3n) is 3.27. The number of benzene rings is 1. The summed E-state index contributed by atoms with van der Waals surface area (Å²) in [5, 5.41) is 19.8. The highest BCUT2D eigenvalue weighted by Crippen LogP contribution is 2.33. The fourth-order valence-corrected chi connectivity index (χ4v) is 3.59. The van der Waals surface area contributed by atoms with Crippen molar-refractivity contribution in [1.82, 2.24) is 4.90 Å². The molecule has 0 saturated carbocycles. The smallest absolute Gasteiger partial charge is 0.327 e. The van der Waals surface area contributed by atoms with Gasteiger partial charge >= 0.3 is 5.97 Å². The van der Waals surface area contributed by atoms with Gasteiger partial charge in [0.05, 0.1) is 10.3 Å². The lowest BCUT2D eigenvalue weighted by atomic mass is 10.1. The molecule has 1 aromatic rings. The largest absolute Gasteiger partial charge is 0.480 e. The number of non-ortho nitro benzene ring substituents is 1. The molecule has 0 aliphatic carbocycles. The van der Waals surface area contributed by atoms with Crippen molar-refractivity contribution < 1.29 is 19.6 Å². The fraction of sp³-hybridized carbons (Fsp3) is 0.385. The molecule has 0 spiro atoms. The molecule has 1 N–H and O–H groups in total. The van der Waals surface area contributed by atoms with E-state index in [9.17, 15) is 24.8 Å². The number of carbonyl (C=O) groups is 2. The zero-order chi connectivity index (χ0) is 15.6. The lowest BCUT2D eigenvalue weighted by Crippen LogP contribution is -2.45. The van der Waals surface area contributed by atoms with Crippen molar-refractivity contribution in [2.75, 3.05) is 5.75 Å². The van der Waals surface area contributed by atoms with E-state index < -0.39 is 22.8 Å². The standard InChI is InChI=1S/C13H14N2O5S/c1-2-11-14(10(7-21-11)13(17)18)12(16)8-4-3-5-9(6-8)15(19)20/h3-6,10-11H,2,7H2,1H3,(H,17,18). The van der Waals surface area contributed by atoms with Gasteiger partial charge in [0.2, 0.25) is 0 Å². The summed E-state index contributed by atoms with van der Waals surface area (Å²) in [5.74, 6) is -1.21. The molecular formula is C13H14N2O5S. The Bertz CT molecular complexity index is 592. The van der Waals surface area contributed by atoms with Gasteiger partial charge in [0.1, 0.15) is 6.04 Å². The van der Waals surface area contributed by atoms with Gasteiger partial charge in [-0.15, -0.1) is 11.8 Å². The molecule has 0 aromatic heterocycles. The van der Waals surface area contributed by atoms with E-state index in [1.54, 1.807) is 0 Å². The highest BCUT2D eigenvalue weighted by atomic mass is 32.2. The Labute approximate surface area is 125 Å². The SMILES string of the molecule is CCC1SCC(C(=O)O)N1C(=O)c1cccc([N+](=O)[O-])c1. The second-order valence-electron chi connectivity index (χ2n) is 4.57.